The average Bonchev–Trinajstić information content (AvgIpc) is 3.16. The molecule has 1 saturated carbocycles. The fourth-order valence-electron chi connectivity index (χ4n) is 5.27. The number of carbonyl (C=O) groups is 3. The molecule has 2 aliphatic rings. The van der Waals surface area contributed by atoms with Crippen LogP contribution in [0.25, 0.3) is 11.1 Å². The second kappa shape index (κ2) is 10.9. The summed E-state index contributed by atoms with van der Waals surface area (Å²) < 4.78 is 5.71. The second-order valence-electron chi connectivity index (χ2n) is 9.46. The van der Waals surface area contributed by atoms with Crippen LogP contribution in [0.3, 0.4) is 0 Å². The Morgan fingerprint density at radius 2 is 1.57 bits per heavy atom. The molecule has 35 heavy (non-hydrogen) atoms. The summed E-state index contributed by atoms with van der Waals surface area (Å²) >= 11 is 0. The molecule has 0 bridgehead atoms. The number of benzene rings is 2. The summed E-state index contributed by atoms with van der Waals surface area (Å²) in [7, 11) is 0. The molecule has 2 aromatic rings. The van der Waals surface area contributed by atoms with E-state index in [1.165, 1.54) is 0 Å². The number of hydrogen-bond acceptors (Lipinski definition) is 5. The number of rotatable bonds is 9. The topological polar surface area (TPSA) is 125 Å². The van der Waals surface area contributed by atoms with Crippen molar-refractivity contribution in [1.29, 1.82) is 0 Å². The van der Waals surface area contributed by atoms with E-state index in [0.29, 0.717) is 12.8 Å². The van der Waals surface area contributed by atoms with Crippen molar-refractivity contribution < 1.29 is 29.3 Å². The summed E-state index contributed by atoms with van der Waals surface area (Å²) in [5.74, 6) is -1.65. The minimum absolute atomic E-state index is 0.0422. The smallest absolute Gasteiger partial charge is 0.407 e. The predicted octanol–water partition coefficient (Wildman–Crippen LogP) is 3.57. The van der Waals surface area contributed by atoms with Gasteiger partial charge in [0.15, 0.2) is 6.10 Å². The Labute approximate surface area is 204 Å². The van der Waals surface area contributed by atoms with E-state index in [4.69, 9.17) is 9.84 Å². The van der Waals surface area contributed by atoms with Crippen molar-refractivity contribution in [3.63, 3.8) is 0 Å². The fourth-order valence-corrected chi connectivity index (χ4v) is 5.27. The van der Waals surface area contributed by atoms with Crippen LogP contribution >= 0.6 is 0 Å². The number of amides is 2. The number of ether oxygens (including phenoxy) is 1. The Hall–Kier alpha value is -3.39. The molecular weight excluding hydrogens is 448 g/mol. The number of carbonyl (C=O) groups excluding carboxylic acids is 2. The summed E-state index contributed by atoms with van der Waals surface area (Å²) in [6.07, 6.45) is 2.13. The third-order valence-corrected chi connectivity index (χ3v) is 7.05. The molecule has 0 saturated heterocycles. The number of aliphatic carboxylic acids is 1. The van der Waals surface area contributed by atoms with Gasteiger partial charge in [-0.05, 0) is 35.1 Å². The van der Waals surface area contributed by atoms with E-state index < -0.39 is 23.7 Å². The van der Waals surface area contributed by atoms with Crippen molar-refractivity contribution >= 4 is 18.0 Å². The lowest BCUT2D eigenvalue weighted by molar-refractivity contribution is -0.147. The number of carboxylic acid groups (broad SMARTS) is 1. The van der Waals surface area contributed by atoms with E-state index in [1.54, 1.807) is 0 Å². The summed E-state index contributed by atoms with van der Waals surface area (Å²) in [6, 6.07) is 16.3. The third kappa shape index (κ3) is 5.82. The quantitative estimate of drug-likeness (QED) is 0.435. The normalized spacial score (nSPS) is 17.1. The maximum atomic E-state index is 12.9. The lowest BCUT2D eigenvalue weighted by Gasteiger charge is -2.37. The number of aliphatic hydroxyl groups excluding tert-OH is 1. The Kier molecular flexibility index (Phi) is 7.70. The summed E-state index contributed by atoms with van der Waals surface area (Å²) in [5, 5.41) is 23.8. The van der Waals surface area contributed by atoms with Gasteiger partial charge in [-0.3, -0.25) is 4.79 Å². The van der Waals surface area contributed by atoms with Crippen LogP contribution in [-0.4, -0.2) is 53.0 Å². The van der Waals surface area contributed by atoms with Crippen LogP contribution in [0.4, 0.5) is 4.79 Å². The molecule has 8 heteroatoms. The SMILES string of the molecule is O=C(CC1(NC(=O)OCC2c3ccccc3-c3ccccc32)CCCCC1)NCCC(O)C(=O)O. The highest BCUT2D eigenvalue weighted by Crippen LogP contribution is 2.44. The number of aliphatic hydroxyl groups is 1. The monoisotopic (exact) mass is 480 g/mol. The Balaban J connectivity index is 1.36. The highest BCUT2D eigenvalue weighted by atomic mass is 16.5. The van der Waals surface area contributed by atoms with E-state index in [9.17, 15) is 19.5 Å². The number of fused-ring (bicyclic) bond motifs is 3. The number of alkyl carbamates (subject to hydrolysis) is 1. The first-order valence-corrected chi connectivity index (χ1v) is 12.2. The maximum absolute atomic E-state index is 12.9. The number of carboxylic acids is 1. The molecule has 2 aliphatic carbocycles. The summed E-state index contributed by atoms with van der Waals surface area (Å²) in [5.41, 5.74) is 3.89. The molecule has 1 fully saturated rings. The zero-order chi connectivity index (χ0) is 24.8. The predicted molar refractivity (Wildman–Crippen MR) is 130 cm³/mol. The van der Waals surface area contributed by atoms with Crippen molar-refractivity contribution in [3.8, 4) is 11.1 Å². The molecular formula is C27H32N2O6. The van der Waals surface area contributed by atoms with Gasteiger partial charge in [-0.15, -0.1) is 0 Å². The Morgan fingerprint density at radius 1 is 0.971 bits per heavy atom. The van der Waals surface area contributed by atoms with Crippen molar-refractivity contribution in [3.05, 3.63) is 59.7 Å². The van der Waals surface area contributed by atoms with Gasteiger partial charge in [0.05, 0.1) is 5.54 Å². The Morgan fingerprint density at radius 3 is 2.17 bits per heavy atom. The maximum Gasteiger partial charge on any atom is 0.407 e. The van der Waals surface area contributed by atoms with Crippen molar-refractivity contribution in [1.82, 2.24) is 10.6 Å². The van der Waals surface area contributed by atoms with Gasteiger partial charge in [-0.25, -0.2) is 9.59 Å². The molecule has 8 nitrogen and oxygen atoms in total. The lowest BCUT2D eigenvalue weighted by atomic mass is 9.79. The van der Waals surface area contributed by atoms with Gasteiger partial charge >= 0.3 is 12.1 Å². The third-order valence-electron chi connectivity index (χ3n) is 7.05. The first-order valence-electron chi connectivity index (χ1n) is 12.2. The van der Waals surface area contributed by atoms with Gasteiger partial charge in [0.25, 0.3) is 0 Å². The minimum atomic E-state index is -1.52. The van der Waals surface area contributed by atoms with Crippen LogP contribution in [0.2, 0.25) is 0 Å². The Bertz CT molecular complexity index is 1030. The molecule has 0 radical (unpaired) electrons. The van der Waals surface area contributed by atoms with E-state index in [1.807, 2.05) is 24.3 Å². The molecule has 0 aliphatic heterocycles. The van der Waals surface area contributed by atoms with Gasteiger partial charge in [0.1, 0.15) is 6.61 Å². The van der Waals surface area contributed by atoms with E-state index in [2.05, 4.69) is 34.9 Å². The zero-order valence-electron chi connectivity index (χ0n) is 19.7. The molecule has 0 heterocycles. The van der Waals surface area contributed by atoms with E-state index in [-0.39, 0.29) is 37.8 Å². The molecule has 0 aromatic heterocycles. The molecule has 2 aromatic carbocycles. The van der Waals surface area contributed by atoms with Crippen LogP contribution in [0.1, 0.15) is 62.0 Å². The molecule has 186 valence electrons. The lowest BCUT2D eigenvalue weighted by Crippen LogP contribution is -2.52. The molecule has 4 N–H and O–H groups in total. The molecule has 0 spiro atoms. The average molecular weight is 481 g/mol. The highest BCUT2D eigenvalue weighted by Gasteiger charge is 2.37. The minimum Gasteiger partial charge on any atom is -0.479 e. The van der Waals surface area contributed by atoms with Crippen LogP contribution in [-0.2, 0) is 14.3 Å². The van der Waals surface area contributed by atoms with Crippen molar-refractivity contribution in [2.45, 2.75) is 62.5 Å². The number of nitrogens with one attached hydrogen (secondary N) is 2. The van der Waals surface area contributed by atoms with Gasteiger partial charge in [0, 0.05) is 25.3 Å². The van der Waals surface area contributed by atoms with Crippen LogP contribution in [0, 0.1) is 0 Å². The fraction of sp³-hybridized carbons (Fsp3) is 0.444. The largest absolute Gasteiger partial charge is 0.479 e. The van der Waals surface area contributed by atoms with Crippen molar-refractivity contribution in [2.75, 3.05) is 13.2 Å². The standard InChI is InChI=1S/C27H32N2O6/c30-23(25(32)33)12-15-28-24(31)16-27(13-6-1-7-14-27)29-26(34)35-17-22-20-10-4-2-8-18(20)19-9-3-5-11-21(19)22/h2-5,8-11,22-23,30H,1,6-7,12-17H2,(H,28,31)(H,29,34)(H,32,33). The van der Waals surface area contributed by atoms with Crippen LogP contribution in [0.15, 0.2) is 48.5 Å². The van der Waals surface area contributed by atoms with E-state index in [0.717, 1.165) is 41.5 Å². The summed E-state index contributed by atoms with van der Waals surface area (Å²) in [4.78, 5) is 36.2. The van der Waals surface area contributed by atoms with Gasteiger partial charge in [-0.2, -0.15) is 0 Å². The van der Waals surface area contributed by atoms with Gasteiger partial charge < -0.3 is 25.6 Å². The molecule has 2 amide bonds. The zero-order valence-corrected chi connectivity index (χ0v) is 19.7. The highest BCUT2D eigenvalue weighted by molar-refractivity contribution is 5.80. The molecule has 4 rings (SSSR count). The first kappa shape index (κ1) is 24.7. The second-order valence-corrected chi connectivity index (χ2v) is 9.46. The van der Waals surface area contributed by atoms with Crippen molar-refractivity contribution in [2.24, 2.45) is 0 Å². The van der Waals surface area contributed by atoms with Gasteiger partial charge in [0.2, 0.25) is 5.91 Å². The molecule has 1 unspecified atom stereocenters. The van der Waals surface area contributed by atoms with Gasteiger partial charge in [-0.1, -0.05) is 67.8 Å². The van der Waals surface area contributed by atoms with E-state index >= 15 is 0 Å². The summed E-state index contributed by atoms with van der Waals surface area (Å²) in [6.45, 7) is 0.253. The van der Waals surface area contributed by atoms with Crippen LogP contribution < -0.4 is 10.6 Å². The number of hydrogen-bond donors (Lipinski definition) is 4. The van der Waals surface area contributed by atoms with Crippen LogP contribution in [0.5, 0.6) is 0 Å². The molecule has 1 atom stereocenters. The first-order chi connectivity index (χ1) is 16.9.